The number of hydrogen-bond acceptors (Lipinski definition) is 8. The standard InChI is InChI=1S/C31H33N2O9P/c1-20-18-33(30(35)32-29(20)34)28-17-26(42-43(36)37)27(41-28)19-40-31(21-7-5-4-6-8-21,22-9-13-24(38-2)14-10-22)23-11-15-25(39-3)16-12-23/h4-16,18,26-28,43H,17,19H2,1-3H3,(H,36,37)(H,32,34,35)/t26-,27+,28+/m0/s1. The van der Waals surface area contributed by atoms with Gasteiger partial charge >= 0.3 is 13.9 Å². The van der Waals surface area contributed by atoms with Gasteiger partial charge in [0.2, 0.25) is 0 Å². The van der Waals surface area contributed by atoms with Crippen LogP contribution in [0.4, 0.5) is 0 Å². The van der Waals surface area contributed by atoms with Gasteiger partial charge in [-0.3, -0.25) is 18.9 Å². The molecule has 226 valence electrons. The Hall–Kier alpha value is -3.99. The lowest BCUT2D eigenvalue weighted by Gasteiger charge is -2.37. The summed E-state index contributed by atoms with van der Waals surface area (Å²) in [6, 6.07) is 24.7. The summed E-state index contributed by atoms with van der Waals surface area (Å²) in [6.07, 6.45) is -1.10. The third-order valence-electron chi connectivity index (χ3n) is 7.53. The number of methoxy groups -OCH3 is 2. The normalized spacial score (nSPS) is 19.2. The number of benzene rings is 3. The van der Waals surface area contributed by atoms with Crippen molar-refractivity contribution < 1.29 is 32.9 Å². The highest BCUT2D eigenvalue weighted by Crippen LogP contribution is 2.43. The summed E-state index contributed by atoms with van der Waals surface area (Å²) in [5.41, 5.74) is 0.395. The number of H-pyrrole nitrogens is 1. The molecule has 0 spiro atoms. The average Bonchev–Trinajstić information content (AvgIpc) is 3.41. The maximum atomic E-state index is 12.6. The van der Waals surface area contributed by atoms with E-state index in [4.69, 9.17) is 23.5 Å². The zero-order chi connectivity index (χ0) is 30.6. The van der Waals surface area contributed by atoms with Crippen molar-refractivity contribution in [3.05, 3.63) is 128 Å². The molecule has 5 rings (SSSR count). The van der Waals surface area contributed by atoms with Crippen LogP contribution < -0.4 is 20.7 Å². The Morgan fingerprint density at radius 1 is 0.930 bits per heavy atom. The van der Waals surface area contributed by atoms with Crippen molar-refractivity contribution in [1.29, 1.82) is 0 Å². The molecule has 43 heavy (non-hydrogen) atoms. The van der Waals surface area contributed by atoms with Gasteiger partial charge in [-0.25, -0.2) is 4.79 Å². The lowest BCUT2D eigenvalue weighted by Crippen LogP contribution is -2.38. The molecule has 1 fully saturated rings. The van der Waals surface area contributed by atoms with E-state index in [0.29, 0.717) is 17.1 Å². The molecule has 12 heteroatoms. The Morgan fingerprint density at radius 3 is 2.02 bits per heavy atom. The van der Waals surface area contributed by atoms with Gasteiger partial charge in [0.1, 0.15) is 29.4 Å². The monoisotopic (exact) mass is 608 g/mol. The molecule has 0 saturated carbocycles. The molecule has 0 bridgehead atoms. The number of nitrogens with one attached hydrogen (secondary N) is 1. The van der Waals surface area contributed by atoms with Crippen LogP contribution in [0.3, 0.4) is 0 Å². The van der Waals surface area contributed by atoms with E-state index >= 15 is 0 Å². The molecule has 1 unspecified atom stereocenters. The van der Waals surface area contributed by atoms with Gasteiger partial charge in [0.25, 0.3) is 5.56 Å². The van der Waals surface area contributed by atoms with E-state index in [1.165, 1.54) is 10.8 Å². The fraction of sp³-hybridized carbons (Fsp3) is 0.290. The SMILES string of the molecule is COc1ccc(C(OC[C@H]2O[C@@H](n3cc(C)c(=O)[nH]c3=O)C[C@@H]2O[PH](=O)O)(c2ccccc2)c2ccc(OC)cc2)cc1. The first-order chi connectivity index (χ1) is 20.7. The first kappa shape index (κ1) is 30.5. The van der Waals surface area contributed by atoms with Crippen molar-refractivity contribution in [2.45, 2.75) is 37.4 Å². The second kappa shape index (κ2) is 13.1. The quantitative estimate of drug-likeness (QED) is 0.192. The van der Waals surface area contributed by atoms with Gasteiger partial charge in [-0.05, 0) is 47.9 Å². The average molecular weight is 609 g/mol. The Bertz CT molecular complexity index is 1620. The van der Waals surface area contributed by atoms with Crippen molar-refractivity contribution in [3.63, 3.8) is 0 Å². The van der Waals surface area contributed by atoms with E-state index in [1.54, 1.807) is 21.1 Å². The largest absolute Gasteiger partial charge is 0.497 e. The van der Waals surface area contributed by atoms with Gasteiger partial charge in [-0.2, -0.15) is 0 Å². The van der Waals surface area contributed by atoms with Crippen LogP contribution in [0.2, 0.25) is 0 Å². The minimum Gasteiger partial charge on any atom is -0.497 e. The van der Waals surface area contributed by atoms with Crippen LogP contribution in [0.1, 0.15) is 34.9 Å². The summed E-state index contributed by atoms with van der Waals surface area (Å²) < 4.78 is 42.4. The minimum atomic E-state index is -3.36. The number of rotatable bonds is 11. The number of hydrogen-bond donors (Lipinski definition) is 2. The fourth-order valence-electron chi connectivity index (χ4n) is 5.36. The number of aryl methyl sites for hydroxylation is 1. The van der Waals surface area contributed by atoms with Crippen LogP contribution in [0.25, 0.3) is 0 Å². The van der Waals surface area contributed by atoms with Crippen molar-refractivity contribution in [2.75, 3.05) is 20.8 Å². The summed E-state index contributed by atoms with van der Waals surface area (Å²) in [4.78, 5) is 36.5. The lowest BCUT2D eigenvalue weighted by atomic mass is 9.80. The second-order valence-corrected chi connectivity index (χ2v) is 10.8. The Labute approximate surface area is 248 Å². The van der Waals surface area contributed by atoms with Gasteiger partial charge in [-0.1, -0.05) is 54.6 Å². The topological polar surface area (TPSA) is 138 Å². The number of aromatic nitrogens is 2. The van der Waals surface area contributed by atoms with E-state index in [0.717, 1.165) is 16.7 Å². The molecule has 1 aromatic heterocycles. The highest BCUT2D eigenvalue weighted by Gasteiger charge is 2.43. The Kier molecular flexibility index (Phi) is 9.29. The molecule has 4 aromatic rings. The predicted octanol–water partition coefficient (Wildman–Crippen LogP) is 3.93. The smallest absolute Gasteiger partial charge is 0.330 e. The first-order valence-electron chi connectivity index (χ1n) is 13.6. The van der Waals surface area contributed by atoms with E-state index in [1.807, 2.05) is 78.9 Å². The Balaban J connectivity index is 1.58. The van der Waals surface area contributed by atoms with Crippen LogP contribution >= 0.6 is 8.25 Å². The second-order valence-electron chi connectivity index (χ2n) is 10.1. The van der Waals surface area contributed by atoms with Crippen LogP contribution in [0.5, 0.6) is 11.5 Å². The fourth-order valence-corrected chi connectivity index (χ4v) is 5.86. The lowest BCUT2D eigenvalue weighted by molar-refractivity contribution is -0.0917. The molecule has 1 aliphatic rings. The zero-order valence-electron chi connectivity index (χ0n) is 23.9. The molecule has 0 amide bonds. The maximum absolute atomic E-state index is 12.6. The summed E-state index contributed by atoms with van der Waals surface area (Å²) >= 11 is 0. The third-order valence-corrected chi connectivity index (χ3v) is 8.03. The number of aromatic amines is 1. The molecule has 1 aliphatic heterocycles. The van der Waals surface area contributed by atoms with Crippen LogP contribution in [0, 0.1) is 6.92 Å². The summed E-state index contributed by atoms with van der Waals surface area (Å²) in [5, 5.41) is 0. The molecule has 3 aromatic carbocycles. The van der Waals surface area contributed by atoms with Gasteiger partial charge in [-0.15, -0.1) is 0 Å². The molecular formula is C31H33N2O9P. The summed E-state index contributed by atoms with van der Waals surface area (Å²) in [6.45, 7) is 1.49. The van der Waals surface area contributed by atoms with Crippen LogP contribution in [0.15, 0.2) is 94.6 Å². The van der Waals surface area contributed by atoms with Crippen molar-refractivity contribution in [1.82, 2.24) is 9.55 Å². The number of ether oxygens (including phenoxy) is 4. The molecule has 0 radical (unpaired) electrons. The van der Waals surface area contributed by atoms with E-state index in [9.17, 15) is 19.0 Å². The summed E-state index contributed by atoms with van der Waals surface area (Å²) in [7, 11) is -0.176. The molecule has 11 nitrogen and oxygen atoms in total. The first-order valence-corrected chi connectivity index (χ1v) is 14.9. The molecule has 2 heterocycles. The van der Waals surface area contributed by atoms with Gasteiger partial charge in [0.15, 0.2) is 0 Å². The zero-order valence-corrected chi connectivity index (χ0v) is 24.9. The van der Waals surface area contributed by atoms with Crippen molar-refractivity contribution in [3.8, 4) is 11.5 Å². The van der Waals surface area contributed by atoms with Crippen LogP contribution in [-0.4, -0.2) is 47.5 Å². The van der Waals surface area contributed by atoms with Gasteiger partial charge < -0.3 is 28.4 Å². The van der Waals surface area contributed by atoms with Gasteiger partial charge in [0.05, 0.1) is 26.9 Å². The third kappa shape index (κ3) is 6.36. The van der Waals surface area contributed by atoms with E-state index < -0.39 is 43.5 Å². The molecule has 2 N–H and O–H groups in total. The van der Waals surface area contributed by atoms with Gasteiger partial charge in [0, 0.05) is 18.2 Å². The Morgan fingerprint density at radius 2 is 1.49 bits per heavy atom. The molecule has 4 atom stereocenters. The van der Waals surface area contributed by atoms with E-state index in [-0.39, 0.29) is 13.0 Å². The molecular weight excluding hydrogens is 575 g/mol. The summed E-state index contributed by atoms with van der Waals surface area (Å²) in [5.74, 6) is 1.34. The number of nitrogens with zero attached hydrogens (tertiary/aromatic N) is 1. The highest BCUT2D eigenvalue weighted by molar-refractivity contribution is 7.32. The molecule has 1 saturated heterocycles. The minimum absolute atomic E-state index is 0.0830. The van der Waals surface area contributed by atoms with Crippen molar-refractivity contribution in [2.24, 2.45) is 0 Å². The maximum Gasteiger partial charge on any atom is 0.330 e. The predicted molar refractivity (Wildman–Crippen MR) is 159 cm³/mol. The van der Waals surface area contributed by atoms with E-state index in [2.05, 4.69) is 4.98 Å². The highest BCUT2D eigenvalue weighted by atomic mass is 31.1. The van der Waals surface area contributed by atoms with Crippen LogP contribution in [-0.2, 0) is 24.2 Å². The molecule has 0 aliphatic carbocycles. The van der Waals surface area contributed by atoms with Crippen molar-refractivity contribution >= 4 is 8.25 Å².